The van der Waals surface area contributed by atoms with Gasteiger partial charge in [0.05, 0.1) is 13.2 Å². The number of hydrogen-bond acceptors (Lipinski definition) is 5. The third-order valence-electron chi connectivity index (χ3n) is 3.50. The van der Waals surface area contributed by atoms with Crippen LogP contribution in [0.5, 0.6) is 0 Å². The second-order valence-corrected chi connectivity index (χ2v) is 6.88. The van der Waals surface area contributed by atoms with E-state index in [0.717, 1.165) is 12.8 Å². The topological polar surface area (TPSA) is 79.3 Å². The molecule has 0 aromatic rings. The van der Waals surface area contributed by atoms with Crippen LogP contribution < -0.4 is 0 Å². The largest absolute Gasteiger partial charge is 0.376 e. The zero-order valence-electron chi connectivity index (χ0n) is 11.0. The van der Waals surface area contributed by atoms with Crippen LogP contribution in [0.3, 0.4) is 0 Å². The van der Waals surface area contributed by atoms with Gasteiger partial charge in [0.25, 0.3) is 10.2 Å². The van der Waals surface area contributed by atoms with Crippen molar-refractivity contribution in [2.24, 2.45) is 10.9 Å². The minimum Gasteiger partial charge on any atom is -0.376 e. The molecule has 7 nitrogen and oxygen atoms in total. The van der Waals surface area contributed by atoms with Crippen molar-refractivity contribution in [1.29, 1.82) is 0 Å². The second-order valence-electron chi connectivity index (χ2n) is 5.00. The molecule has 0 saturated carbocycles. The Bertz CT molecular complexity index is 461. The fourth-order valence-electron chi connectivity index (χ4n) is 2.51. The molecule has 2 atom stereocenters. The Morgan fingerprint density at radius 1 is 1.37 bits per heavy atom. The summed E-state index contributed by atoms with van der Waals surface area (Å²) >= 11 is 0. The Morgan fingerprint density at radius 2 is 2.16 bits per heavy atom. The van der Waals surface area contributed by atoms with Gasteiger partial charge in [0.1, 0.15) is 0 Å². The van der Waals surface area contributed by atoms with Crippen LogP contribution in [-0.4, -0.2) is 62.1 Å². The third kappa shape index (κ3) is 3.21. The average Bonchev–Trinajstić information content (AvgIpc) is 2.39. The van der Waals surface area contributed by atoms with Gasteiger partial charge in [-0.25, -0.2) is 4.79 Å². The quantitative estimate of drug-likeness (QED) is 0.539. The van der Waals surface area contributed by atoms with Crippen LogP contribution in [0.25, 0.3) is 0 Å². The maximum absolute atomic E-state index is 12.6. The molecule has 2 rings (SSSR count). The first kappa shape index (κ1) is 14.6. The minimum atomic E-state index is -3.58. The number of piperidine rings is 1. The molecule has 19 heavy (non-hydrogen) atoms. The summed E-state index contributed by atoms with van der Waals surface area (Å²) in [5, 5.41) is 0. The molecule has 2 aliphatic rings. The molecule has 0 aliphatic carbocycles. The van der Waals surface area contributed by atoms with Gasteiger partial charge >= 0.3 is 0 Å². The Morgan fingerprint density at radius 3 is 2.84 bits per heavy atom. The minimum absolute atomic E-state index is 0.109. The molecular weight excluding hydrogens is 270 g/mol. The smallest absolute Gasteiger partial charge is 0.284 e. The van der Waals surface area contributed by atoms with Crippen LogP contribution in [0.1, 0.15) is 19.8 Å². The highest BCUT2D eigenvalue weighted by molar-refractivity contribution is 7.86. The van der Waals surface area contributed by atoms with E-state index in [4.69, 9.17) is 4.74 Å². The van der Waals surface area contributed by atoms with Crippen molar-refractivity contribution in [3.63, 3.8) is 0 Å². The number of isocyanates is 1. The van der Waals surface area contributed by atoms with Crippen molar-refractivity contribution in [3.05, 3.63) is 0 Å². The van der Waals surface area contributed by atoms with Crippen LogP contribution in [0.2, 0.25) is 0 Å². The summed E-state index contributed by atoms with van der Waals surface area (Å²) in [6.45, 7) is 3.76. The van der Waals surface area contributed by atoms with Gasteiger partial charge in [-0.1, -0.05) is 6.92 Å². The van der Waals surface area contributed by atoms with Crippen molar-refractivity contribution in [2.75, 3.05) is 32.8 Å². The van der Waals surface area contributed by atoms with Gasteiger partial charge in [-0.05, 0) is 18.8 Å². The fraction of sp³-hybridized carbons (Fsp3) is 0.909. The molecule has 2 aliphatic heterocycles. The van der Waals surface area contributed by atoms with Gasteiger partial charge in [0.2, 0.25) is 6.08 Å². The van der Waals surface area contributed by atoms with E-state index < -0.39 is 16.4 Å². The highest BCUT2D eigenvalue weighted by atomic mass is 32.2. The lowest BCUT2D eigenvalue weighted by Gasteiger charge is -2.37. The lowest BCUT2D eigenvalue weighted by atomic mass is 10.0. The van der Waals surface area contributed by atoms with Crippen LogP contribution in [0.4, 0.5) is 0 Å². The molecule has 108 valence electrons. The van der Waals surface area contributed by atoms with E-state index in [0.29, 0.717) is 25.6 Å². The summed E-state index contributed by atoms with van der Waals surface area (Å²) in [5.41, 5.74) is 0. The summed E-state index contributed by atoms with van der Waals surface area (Å²) in [5.74, 6) is 0.359. The van der Waals surface area contributed by atoms with E-state index >= 15 is 0 Å². The highest BCUT2D eigenvalue weighted by Crippen LogP contribution is 2.23. The van der Waals surface area contributed by atoms with Crippen LogP contribution >= 0.6 is 0 Å². The average molecular weight is 289 g/mol. The third-order valence-corrected chi connectivity index (χ3v) is 5.50. The van der Waals surface area contributed by atoms with Gasteiger partial charge in [0, 0.05) is 19.6 Å². The monoisotopic (exact) mass is 289 g/mol. The molecule has 0 spiro atoms. The Balaban J connectivity index is 2.18. The van der Waals surface area contributed by atoms with Crippen LogP contribution in [-0.2, 0) is 19.7 Å². The first-order chi connectivity index (χ1) is 9.05. The van der Waals surface area contributed by atoms with Gasteiger partial charge < -0.3 is 4.74 Å². The van der Waals surface area contributed by atoms with Crippen LogP contribution in [0.15, 0.2) is 4.99 Å². The molecule has 0 bridgehead atoms. The van der Waals surface area contributed by atoms with E-state index in [1.807, 2.05) is 6.92 Å². The van der Waals surface area contributed by atoms with Crippen LogP contribution in [0, 0.1) is 5.92 Å². The molecule has 2 saturated heterocycles. The molecule has 0 amide bonds. The summed E-state index contributed by atoms with van der Waals surface area (Å²) < 4.78 is 33.1. The Hall–Kier alpha value is -0.790. The molecule has 0 N–H and O–H groups in total. The molecule has 2 fully saturated rings. The highest BCUT2D eigenvalue weighted by Gasteiger charge is 2.38. The van der Waals surface area contributed by atoms with E-state index in [9.17, 15) is 13.2 Å². The zero-order chi connectivity index (χ0) is 13.9. The van der Waals surface area contributed by atoms with Crippen molar-refractivity contribution < 1.29 is 17.9 Å². The molecular formula is C11H19N3O4S. The molecule has 0 aromatic carbocycles. The first-order valence-electron chi connectivity index (χ1n) is 6.47. The number of morpholine rings is 1. The molecule has 0 aromatic heterocycles. The van der Waals surface area contributed by atoms with E-state index in [1.165, 1.54) is 14.7 Å². The standard InChI is InChI=1S/C11H19N3O4S/c1-10-3-2-4-13(7-10)19(16,17)14-5-6-18-8-11(14)12-9-15/h10-11H,2-8H2,1H3. The number of aliphatic imine (C=N–C) groups is 1. The van der Waals surface area contributed by atoms with Crippen molar-refractivity contribution >= 4 is 16.3 Å². The van der Waals surface area contributed by atoms with E-state index in [-0.39, 0.29) is 13.2 Å². The molecule has 2 unspecified atom stereocenters. The lowest BCUT2D eigenvalue weighted by molar-refractivity contribution is 0.0322. The number of nitrogens with zero attached hydrogens (tertiary/aromatic N) is 3. The Kier molecular flexibility index (Phi) is 4.70. The maximum Gasteiger partial charge on any atom is 0.284 e. The van der Waals surface area contributed by atoms with Gasteiger partial charge in [0.15, 0.2) is 6.17 Å². The predicted octanol–water partition coefficient (Wildman–Crippen LogP) is -0.0428. The number of hydrogen-bond donors (Lipinski definition) is 0. The van der Waals surface area contributed by atoms with E-state index in [2.05, 4.69) is 4.99 Å². The molecule has 2 heterocycles. The normalized spacial score (nSPS) is 30.8. The van der Waals surface area contributed by atoms with Gasteiger partial charge in [-0.2, -0.15) is 22.0 Å². The van der Waals surface area contributed by atoms with Gasteiger partial charge in [-0.15, -0.1) is 0 Å². The Labute approximate surface area is 113 Å². The van der Waals surface area contributed by atoms with E-state index in [1.54, 1.807) is 0 Å². The predicted molar refractivity (Wildman–Crippen MR) is 68.3 cm³/mol. The van der Waals surface area contributed by atoms with Crippen molar-refractivity contribution in [3.8, 4) is 0 Å². The number of carbonyl (C=O) groups excluding carboxylic acids is 1. The summed E-state index contributed by atoms with van der Waals surface area (Å²) in [6, 6.07) is 0. The maximum atomic E-state index is 12.6. The SMILES string of the molecule is CC1CCCN(S(=O)(=O)N2CCOCC2N=C=O)C1. The second kappa shape index (κ2) is 6.11. The number of rotatable bonds is 3. The molecule has 8 heteroatoms. The summed E-state index contributed by atoms with van der Waals surface area (Å²) in [4.78, 5) is 13.9. The van der Waals surface area contributed by atoms with Crippen molar-refractivity contribution in [2.45, 2.75) is 25.9 Å². The molecule has 0 radical (unpaired) electrons. The first-order valence-corrected chi connectivity index (χ1v) is 7.87. The summed E-state index contributed by atoms with van der Waals surface area (Å²) in [7, 11) is -3.58. The van der Waals surface area contributed by atoms with Crippen molar-refractivity contribution in [1.82, 2.24) is 8.61 Å². The zero-order valence-corrected chi connectivity index (χ0v) is 11.8. The lowest BCUT2D eigenvalue weighted by Crippen LogP contribution is -2.54. The van der Waals surface area contributed by atoms with Gasteiger partial charge in [-0.3, -0.25) is 0 Å². The summed E-state index contributed by atoms with van der Waals surface area (Å²) in [6.07, 6.45) is 2.55. The number of ether oxygens (including phenoxy) is 1. The fourth-order valence-corrected chi connectivity index (χ4v) is 4.33.